The van der Waals surface area contributed by atoms with E-state index in [1.165, 1.54) is 0 Å². The summed E-state index contributed by atoms with van der Waals surface area (Å²) < 4.78 is 0. The van der Waals surface area contributed by atoms with Crippen LogP contribution in [0.5, 0.6) is 0 Å². The zero-order valence-corrected chi connectivity index (χ0v) is 8.81. The summed E-state index contributed by atoms with van der Waals surface area (Å²) in [6.07, 6.45) is 1.55. The summed E-state index contributed by atoms with van der Waals surface area (Å²) in [4.78, 5) is 3.87. The molecule has 13 heavy (non-hydrogen) atoms. The van der Waals surface area contributed by atoms with Crippen molar-refractivity contribution in [1.82, 2.24) is 4.98 Å². The Labute approximate surface area is 83.3 Å². The van der Waals surface area contributed by atoms with Crippen LogP contribution in [0.4, 0.5) is 11.4 Å². The van der Waals surface area contributed by atoms with Gasteiger partial charge in [0.1, 0.15) is 5.15 Å². The van der Waals surface area contributed by atoms with Gasteiger partial charge in [-0.3, -0.25) is 0 Å². The Morgan fingerprint density at radius 2 is 2.08 bits per heavy atom. The van der Waals surface area contributed by atoms with Gasteiger partial charge < -0.3 is 11.1 Å². The molecule has 1 aromatic rings. The molecule has 1 heterocycles. The van der Waals surface area contributed by atoms with Gasteiger partial charge in [0, 0.05) is 11.6 Å². The molecule has 0 unspecified atom stereocenters. The molecule has 1 rings (SSSR count). The molecule has 0 fully saturated rings. The molecule has 3 N–H and O–H groups in total. The van der Waals surface area contributed by atoms with E-state index in [1.807, 2.05) is 0 Å². The number of nitrogen functional groups attached to an aromatic ring is 1. The van der Waals surface area contributed by atoms with Crippen LogP contribution < -0.4 is 11.1 Å². The summed E-state index contributed by atoms with van der Waals surface area (Å²) in [5.74, 6) is 0. The number of hydrogen-bond donors (Lipinski definition) is 2. The number of hydrogen-bond acceptors (Lipinski definition) is 3. The van der Waals surface area contributed by atoms with E-state index in [9.17, 15) is 0 Å². The summed E-state index contributed by atoms with van der Waals surface area (Å²) in [7, 11) is 0. The molecule has 0 aliphatic heterocycles. The second kappa shape index (κ2) is 3.42. The van der Waals surface area contributed by atoms with Crippen LogP contribution in [0.1, 0.15) is 20.8 Å². The van der Waals surface area contributed by atoms with Gasteiger partial charge in [-0.1, -0.05) is 11.6 Å². The molecule has 0 aliphatic rings. The molecule has 4 heteroatoms. The van der Waals surface area contributed by atoms with Gasteiger partial charge in [-0.25, -0.2) is 4.98 Å². The minimum absolute atomic E-state index is 0.0290. The Kier molecular flexibility index (Phi) is 2.66. The topological polar surface area (TPSA) is 50.9 Å². The summed E-state index contributed by atoms with van der Waals surface area (Å²) in [5, 5.41) is 3.69. The molecule has 0 spiro atoms. The number of halogens is 1. The van der Waals surface area contributed by atoms with Crippen molar-refractivity contribution in [3.05, 3.63) is 17.4 Å². The zero-order valence-electron chi connectivity index (χ0n) is 8.06. The first-order valence-electron chi connectivity index (χ1n) is 4.08. The Bertz CT molecular complexity index is 304. The lowest BCUT2D eigenvalue weighted by Crippen LogP contribution is -2.26. The van der Waals surface area contributed by atoms with Crippen LogP contribution >= 0.6 is 11.6 Å². The smallest absolute Gasteiger partial charge is 0.131 e. The second-order valence-electron chi connectivity index (χ2n) is 3.97. The van der Waals surface area contributed by atoms with Crippen molar-refractivity contribution < 1.29 is 0 Å². The molecular weight excluding hydrogens is 186 g/mol. The van der Waals surface area contributed by atoms with Crippen molar-refractivity contribution in [2.75, 3.05) is 11.1 Å². The van der Waals surface area contributed by atoms with E-state index in [-0.39, 0.29) is 5.54 Å². The zero-order chi connectivity index (χ0) is 10.1. The maximum atomic E-state index is 5.74. The average molecular weight is 200 g/mol. The summed E-state index contributed by atoms with van der Waals surface area (Å²) >= 11 is 5.74. The molecule has 0 aliphatic carbocycles. The lowest BCUT2D eigenvalue weighted by Gasteiger charge is -2.23. The van der Waals surface area contributed by atoms with Crippen LogP contribution in [0.15, 0.2) is 12.3 Å². The molecule has 0 radical (unpaired) electrons. The molecule has 1 aromatic heterocycles. The molecule has 0 atom stereocenters. The third-order valence-electron chi connectivity index (χ3n) is 1.41. The van der Waals surface area contributed by atoms with Crippen molar-refractivity contribution in [2.24, 2.45) is 0 Å². The number of rotatable bonds is 1. The fourth-order valence-corrected chi connectivity index (χ4v) is 1.11. The minimum Gasteiger partial charge on any atom is -0.396 e. The highest BCUT2D eigenvalue weighted by Gasteiger charge is 2.11. The van der Waals surface area contributed by atoms with E-state index in [2.05, 4.69) is 31.1 Å². The van der Waals surface area contributed by atoms with Crippen LogP contribution in [-0.4, -0.2) is 10.5 Å². The van der Waals surface area contributed by atoms with Crippen molar-refractivity contribution in [3.63, 3.8) is 0 Å². The van der Waals surface area contributed by atoms with Gasteiger partial charge in [0.25, 0.3) is 0 Å². The molecular formula is C9H14ClN3. The SMILES string of the molecule is CC(C)(C)Nc1cc(Cl)ncc1N. The van der Waals surface area contributed by atoms with E-state index in [4.69, 9.17) is 17.3 Å². The predicted molar refractivity (Wildman–Crippen MR) is 57.0 cm³/mol. The van der Waals surface area contributed by atoms with Crippen LogP contribution in [-0.2, 0) is 0 Å². The van der Waals surface area contributed by atoms with E-state index < -0.39 is 0 Å². The number of nitrogens with zero attached hydrogens (tertiary/aromatic N) is 1. The van der Waals surface area contributed by atoms with Crippen molar-refractivity contribution in [2.45, 2.75) is 26.3 Å². The number of aromatic nitrogens is 1. The third kappa shape index (κ3) is 3.11. The van der Waals surface area contributed by atoms with Crippen molar-refractivity contribution in [1.29, 1.82) is 0 Å². The fourth-order valence-electron chi connectivity index (χ4n) is 0.953. The van der Waals surface area contributed by atoms with Crippen LogP contribution in [0.3, 0.4) is 0 Å². The van der Waals surface area contributed by atoms with E-state index in [0.717, 1.165) is 5.69 Å². The van der Waals surface area contributed by atoms with Gasteiger partial charge in [0.2, 0.25) is 0 Å². The first-order valence-corrected chi connectivity index (χ1v) is 4.45. The van der Waals surface area contributed by atoms with Gasteiger partial charge in [0.15, 0.2) is 0 Å². The summed E-state index contributed by atoms with van der Waals surface area (Å²) in [6.45, 7) is 6.17. The monoisotopic (exact) mass is 199 g/mol. The highest BCUT2D eigenvalue weighted by molar-refractivity contribution is 6.29. The van der Waals surface area contributed by atoms with Gasteiger partial charge in [-0.05, 0) is 20.8 Å². The third-order valence-corrected chi connectivity index (χ3v) is 1.62. The van der Waals surface area contributed by atoms with Gasteiger partial charge in [0.05, 0.1) is 17.6 Å². The van der Waals surface area contributed by atoms with Crippen LogP contribution in [0, 0.1) is 0 Å². The number of anilines is 2. The maximum Gasteiger partial charge on any atom is 0.131 e. The quantitative estimate of drug-likeness (QED) is 0.684. The standard InChI is InChI=1S/C9H14ClN3/c1-9(2,3)13-7-4-8(10)12-5-6(7)11/h4-5H,11H2,1-3H3,(H,12,13). The largest absolute Gasteiger partial charge is 0.396 e. The highest BCUT2D eigenvalue weighted by atomic mass is 35.5. The molecule has 0 bridgehead atoms. The maximum absolute atomic E-state index is 5.74. The Morgan fingerprint density at radius 3 is 2.62 bits per heavy atom. The summed E-state index contributed by atoms with van der Waals surface area (Å²) in [6, 6.07) is 1.72. The van der Waals surface area contributed by atoms with E-state index in [1.54, 1.807) is 12.3 Å². The van der Waals surface area contributed by atoms with Crippen LogP contribution in [0.25, 0.3) is 0 Å². The summed E-state index contributed by atoms with van der Waals surface area (Å²) in [5.41, 5.74) is 7.12. The molecule has 0 saturated carbocycles. The van der Waals surface area contributed by atoms with Gasteiger partial charge in [-0.2, -0.15) is 0 Å². The Hall–Kier alpha value is -0.960. The molecule has 0 amide bonds. The Morgan fingerprint density at radius 1 is 1.46 bits per heavy atom. The molecule has 3 nitrogen and oxygen atoms in total. The highest BCUT2D eigenvalue weighted by Crippen LogP contribution is 2.23. The van der Waals surface area contributed by atoms with Crippen molar-refractivity contribution >= 4 is 23.0 Å². The van der Waals surface area contributed by atoms with E-state index in [0.29, 0.717) is 10.8 Å². The molecule has 0 aromatic carbocycles. The fraction of sp³-hybridized carbons (Fsp3) is 0.444. The van der Waals surface area contributed by atoms with Gasteiger partial charge in [-0.15, -0.1) is 0 Å². The molecule has 0 saturated heterocycles. The number of nitrogens with one attached hydrogen (secondary N) is 1. The number of nitrogens with two attached hydrogens (primary N) is 1. The first kappa shape index (κ1) is 10.1. The van der Waals surface area contributed by atoms with Crippen molar-refractivity contribution in [3.8, 4) is 0 Å². The average Bonchev–Trinajstić information content (AvgIpc) is 1.94. The predicted octanol–water partition coefficient (Wildman–Crippen LogP) is 2.53. The second-order valence-corrected chi connectivity index (χ2v) is 4.36. The Balaban J connectivity index is 2.94. The van der Waals surface area contributed by atoms with Crippen LogP contribution in [0.2, 0.25) is 5.15 Å². The number of pyridine rings is 1. The molecule has 72 valence electrons. The lowest BCUT2D eigenvalue weighted by molar-refractivity contribution is 0.634. The minimum atomic E-state index is -0.0290. The lowest BCUT2D eigenvalue weighted by atomic mass is 10.1. The van der Waals surface area contributed by atoms with E-state index >= 15 is 0 Å². The van der Waals surface area contributed by atoms with Gasteiger partial charge >= 0.3 is 0 Å². The first-order chi connectivity index (χ1) is 5.88. The normalized spacial score (nSPS) is 11.4.